The second-order valence-corrected chi connectivity index (χ2v) is 6.96. The SMILES string of the molecule is CCCC=CCCCC.CCCC=CCCCC.O=C(O)c1ccccc1C(=O)O. The molecule has 0 amide bonds. The van der Waals surface area contributed by atoms with Crippen molar-refractivity contribution in [3.05, 3.63) is 59.7 Å². The minimum atomic E-state index is -1.23. The molecule has 0 heterocycles. The Morgan fingerprint density at radius 2 is 0.967 bits per heavy atom. The van der Waals surface area contributed by atoms with Gasteiger partial charge in [-0.05, 0) is 37.8 Å². The molecule has 30 heavy (non-hydrogen) atoms. The van der Waals surface area contributed by atoms with Gasteiger partial charge >= 0.3 is 11.9 Å². The number of rotatable bonds is 12. The summed E-state index contributed by atoms with van der Waals surface area (Å²) in [5.41, 5.74) is -0.380. The second kappa shape index (κ2) is 22.9. The molecule has 0 unspecified atom stereocenters. The summed E-state index contributed by atoms with van der Waals surface area (Å²) in [7, 11) is 0. The zero-order chi connectivity index (χ0) is 23.0. The Labute approximate surface area is 183 Å². The molecule has 1 aromatic carbocycles. The van der Waals surface area contributed by atoms with E-state index in [0.29, 0.717) is 0 Å². The lowest BCUT2D eigenvalue weighted by Gasteiger charge is -1.98. The number of hydrogen-bond donors (Lipinski definition) is 2. The fourth-order valence-corrected chi connectivity index (χ4v) is 2.30. The van der Waals surface area contributed by atoms with Gasteiger partial charge < -0.3 is 10.2 Å². The highest BCUT2D eigenvalue weighted by Gasteiger charge is 2.13. The van der Waals surface area contributed by atoms with Crippen LogP contribution in [0.4, 0.5) is 0 Å². The first kappa shape index (κ1) is 29.8. The molecule has 1 rings (SSSR count). The summed E-state index contributed by atoms with van der Waals surface area (Å²) >= 11 is 0. The van der Waals surface area contributed by atoms with Crippen molar-refractivity contribution in [1.82, 2.24) is 0 Å². The van der Waals surface area contributed by atoms with Crippen LogP contribution in [0.15, 0.2) is 48.6 Å². The van der Waals surface area contributed by atoms with Crippen LogP contribution in [0.5, 0.6) is 0 Å². The molecule has 0 fully saturated rings. The summed E-state index contributed by atoms with van der Waals surface area (Å²) in [5.74, 6) is -2.46. The quantitative estimate of drug-likeness (QED) is 0.265. The van der Waals surface area contributed by atoms with Gasteiger partial charge in [0.25, 0.3) is 0 Å². The van der Waals surface area contributed by atoms with Crippen molar-refractivity contribution in [2.24, 2.45) is 0 Å². The number of unbranched alkanes of at least 4 members (excludes halogenated alkanes) is 6. The predicted octanol–water partition coefficient (Wildman–Crippen LogP) is 8.15. The molecule has 0 aliphatic carbocycles. The molecular weight excluding hydrogens is 376 g/mol. The van der Waals surface area contributed by atoms with E-state index in [1.165, 1.54) is 88.5 Å². The van der Waals surface area contributed by atoms with Crippen LogP contribution in [-0.4, -0.2) is 22.2 Å². The minimum absolute atomic E-state index is 0.190. The fourth-order valence-electron chi connectivity index (χ4n) is 2.30. The standard InChI is InChI=1S/2C9H18.C8H6O4/c2*1-3-5-7-9-8-6-4-2;9-7(10)5-3-1-2-4-6(5)8(11)12/h2*7,9H,3-6,8H2,1-2H3;1-4H,(H,9,10)(H,11,12). The molecule has 1 aromatic rings. The smallest absolute Gasteiger partial charge is 0.336 e. The summed E-state index contributed by atoms with van der Waals surface area (Å²) < 4.78 is 0. The molecule has 4 heteroatoms. The summed E-state index contributed by atoms with van der Waals surface area (Å²) in [6.45, 7) is 8.88. The van der Waals surface area contributed by atoms with Gasteiger partial charge in [-0.25, -0.2) is 9.59 Å². The van der Waals surface area contributed by atoms with Crippen molar-refractivity contribution in [1.29, 1.82) is 0 Å². The molecule has 0 saturated heterocycles. The van der Waals surface area contributed by atoms with E-state index in [1.54, 1.807) is 0 Å². The van der Waals surface area contributed by atoms with E-state index >= 15 is 0 Å². The molecule has 2 N–H and O–H groups in total. The molecule has 0 aromatic heterocycles. The molecule has 0 aliphatic rings. The van der Waals surface area contributed by atoms with E-state index < -0.39 is 11.9 Å². The summed E-state index contributed by atoms with van der Waals surface area (Å²) in [6.07, 6.45) is 22.1. The molecule has 0 saturated carbocycles. The second-order valence-electron chi connectivity index (χ2n) is 6.96. The van der Waals surface area contributed by atoms with E-state index in [-0.39, 0.29) is 11.1 Å². The summed E-state index contributed by atoms with van der Waals surface area (Å²) in [5, 5.41) is 17.1. The van der Waals surface area contributed by atoms with Crippen molar-refractivity contribution >= 4 is 11.9 Å². The van der Waals surface area contributed by atoms with Gasteiger partial charge in [0.2, 0.25) is 0 Å². The molecule has 0 radical (unpaired) electrons. The van der Waals surface area contributed by atoms with E-state index in [1.807, 2.05) is 0 Å². The average Bonchev–Trinajstić information content (AvgIpc) is 2.74. The van der Waals surface area contributed by atoms with Crippen molar-refractivity contribution in [2.45, 2.75) is 91.9 Å². The van der Waals surface area contributed by atoms with Gasteiger partial charge in [-0.15, -0.1) is 0 Å². The maximum absolute atomic E-state index is 10.5. The molecule has 0 atom stereocenters. The average molecular weight is 419 g/mol. The highest BCUT2D eigenvalue weighted by atomic mass is 16.4. The Morgan fingerprint density at radius 1 is 0.633 bits per heavy atom. The van der Waals surface area contributed by atoms with Gasteiger partial charge in [0.1, 0.15) is 0 Å². The third kappa shape index (κ3) is 19.0. The van der Waals surface area contributed by atoms with Gasteiger partial charge in [0, 0.05) is 0 Å². The Kier molecular flexibility index (Phi) is 22.8. The normalized spacial score (nSPS) is 10.3. The van der Waals surface area contributed by atoms with E-state index in [2.05, 4.69) is 52.0 Å². The van der Waals surface area contributed by atoms with E-state index in [4.69, 9.17) is 10.2 Å². The van der Waals surface area contributed by atoms with Crippen LogP contribution in [0.25, 0.3) is 0 Å². The van der Waals surface area contributed by atoms with Gasteiger partial charge in [-0.2, -0.15) is 0 Å². The lowest BCUT2D eigenvalue weighted by molar-refractivity contribution is 0.0651. The van der Waals surface area contributed by atoms with Crippen molar-refractivity contribution in [2.75, 3.05) is 0 Å². The van der Waals surface area contributed by atoms with Crippen LogP contribution in [0.3, 0.4) is 0 Å². The van der Waals surface area contributed by atoms with Crippen LogP contribution in [0.2, 0.25) is 0 Å². The van der Waals surface area contributed by atoms with Crippen LogP contribution >= 0.6 is 0 Å². The maximum Gasteiger partial charge on any atom is 0.336 e. The van der Waals surface area contributed by atoms with Crippen molar-refractivity contribution in [3.8, 4) is 0 Å². The third-order valence-electron chi connectivity index (χ3n) is 4.08. The molecule has 0 spiro atoms. The fraction of sp³-hybridized carbons (Fsp3) is 0.538. The Balaban J connectivity index is 0. The van der Waals surface area contributed by atoms with Gasteiger partial charge in [-0.1, -0.05) is 103 Å². The molecular formula is C26H42O4. The monoisotopic (exact) mass is 418 g/mol. The number of hydrogen-bond acceptors (Lipinski definition) is 2. The van der Waals surface area contributed by atoms with Crippen LogP contribution in [0, 0.1) is 0 Å². The zero-order valence-corrected chi connectivity index (χ0v) is 19.4. The lowest BCUT2D eigenvalue weighted by atomic mass is 10.1. The first-order valence-electron chi connectivity index (χ1n) is 11.3. The third-order valence-corrected chi connectivity index (χ3v) is 4.08. The number of carbonyl (C=O) groups is 2. The summed E-state index contributed by atoms with van der Waals surface area (Å²) in [6, 6.07) is 5.48. The van der Waals surface area contributed by atoms with E-state index in [9.17, 15) is 9.59 Å². The summed E-state index contributed by atoms with van der Waals surface area (Å²) in [4.78, 5) is 20.9. The largest absolute Gasteiger partial charge is 0.478 e. The molecule has 0 bridgehead atoms. The van der Waals surface area contributed by atoms with Crippen molar-refractivity contribution in [3.63, 3.8) is 0 Å². The highest BCUT2D eigenvalue weighted by Crippen LogP contribution is 2.07. The predicted molar refractivity (Wildman–Crippen MR) is 128 cm³/mol. The van der Waals surface area contributed by atoms with Crippen LogP contribution < -0.4 is 0 Å². The molecule has 4 nitrogen and oxygen atoms in total. The Bertz CT molecular complexity index is 550. The number of aromatic carboxylic acids is 2. The first-order chi connectivity index (χ1) is 14.5. The number of benzene rings is 1. The minimum Gasteiger partial charge on any atom is -0.478 e. The maximum atomic E-state index is 10.5. The van der Waals surface area contributed by atoms with Gasteiger partial charge in [-0.3, -0.25) is 0 Å². The number of carboxylic acid groups (broad SMARTS) is 2. The van der Waals surface area contributed by atoms with Crippen LogP contribution in [0.1, 0.15) is 113 Å². The molecule has 170 valence electrons. The van der Waals surface area contributed by atoms with Gasteiger partial charge in [0.15, 0.2) is 0 Å². The first-order valence-corrected chi connectivity index (χ1v) is 11.3. The van der Waals surface area contributed by atoms with Crippen LogP contribution in [-0.2, 0) is 0 Å². The lowest BCUT2D eigenvalue weighted by Crippen LogP contribution is -2.06. The Morgan fingerprint density at radius 3 is 1.23 bits per heavy atom. The number of allylic oxidation sites excluding steroid dienone is 4. The number of carboxylic acids is 2. The van der Waals surface area contributed by atoms with Crippen molar-refractivity contribution < 1.29 is 19.8 Å². The highest BCUT2D eigenvalue weighted by molar-refractivity contribution is 6.01. The molecule has 0 aliphatic heterocycles. The zero-order valence-electron chi connectivity index (χ0n) is 19.4. The van der Waals surface area contributed by atoms with Gasteiger partial charge in [0.05, 0.1) is 11.1 Å². The topological polar surface area (TPSA) is 74.6 Å². The van der Waals surface area contributed by atoms with E-state index in [0.717, 1.165) is 0 Å². The Hall–Kier alpha value is -2.36.